The Hall–Kier alpha value is -3.60. The fourth-order valence-electron chi connectivity index (χ4n) is 3.10. The Bertz CT molecular complexity index is 969. The van der Waals surface area contributed by atoms with Crippen molar-refractivity contribution in [2.45, 2.75) is 13.0 Å². The lowest BCUT2D eigenvalue weighted by Gasteiger charge is -2.17. The average molecular weight is 388 g/mol. The molecule has 3 aromatic carbocycles. The van der Waals surface area contributed by atoms with Crippen molar-refractivity contribution >= 4 is 11.8 Å². The van der Waals surface area contributed by atoms with Crippen LogP contribution >= 0.6 is 0 Å². The molecule has 0 radical (unpaired) electrons. The monoisotopic (exact) mass is 388 g/mol. The molecule has 148 valence electrons. The molecule has 2 amide bonds. The first-order valence-electron chi connectivity index (χ1n) is 9.44. The highest BCUT2D eigenvalue weighted by molar-refractivity contribution is 5.96. The van der Waals surface area contributed by atoms with Crippen molar-refractivity contribution in [3.63, 3.8) is 0 Å². The van der Waals surface area contributed by atoms with Gasteiger partial charge in [-0.25, -0.2) is 0 Å². The van der Waals surface area contributed by atoms with Gasteiger partial charge in [0.05, 0.1) is 19.7 Å². The fourth-order valence-corrected chi connectivity index (χ4v) is 3.10. The van der Waals surface area contributed by atoms with Gasteiger partial charge >= 0.3 is 0 Å². The maximum atomic E-state index is 12.3. The molecule has 2 N–H and O–H groups in total. The van der Waals surface area contributed by atoms with Gasteiger partial charge < -0.3 is 15.4 Å². The highest BCUT2D eigenvalue weighted by Crippen LogP contribution is 2.24. The zero-order valence-electron chi connectivity index (χ0n) is 16.5. The molecule has 0 heterocycles. The van der Waals surface area contributed by atoms with E-state index in [2.05, 4.69) is 10.6 Å². The third-order valence-electron chi connectivity index (χ3n) is 4.65. The van der Waals surface area contributed by atoms with Crippen LogP contribution in [0.1, 0.15) is 28.9 Å². The maximum absolute atomic E-state index is 12.3. The van der Waals surface area contributed by atoms with Crippen LogP contribution in [0.15, 0.2) is 78.9 Å². The second-order valence-corrected chi connectivity index (χ2v) is 6.66. The molecule has 5 heteroatoms. The minimum absolute atomic E-state index is 0.0985. The molecular weight excluding hydrogens is 364 g/mol. The van der Waals surface area contributed by atoms with Crippen LogP contribution in [-0.4, -0.2) is 25.5 Å². The van der Waals surface area contributed by atoms with E-state index in [0.717, 1.165) is 16.7 Å². The molecule has 0 spiro atoms. The summed E-state index contributed by atoms with van der Waals surface area (Å²) in [7, 11) is 1.59. The van der Waals surface area contributed by atoms with Crippen molar-refractivity contribution in [2.24, 2.45) is 0 Å². The third kappa shape index (κ3) is 5.23. The van der Waals surface area contributed by atoms with Gasteiger partial charge in [-0.05, 0) is 36.2 Å². The number of carbonyl (C=O) groups is 2. The summed E-state index contributed by atoms with van der Waals surface area (Å²) >= 11 is 0. The molecule has 5 nitrogen and oxygen atoms in total. The van der Waals surface area contributed by atoms with Gasteiger partial charge in [0.2, 0.25) is 5.91 Å². The number of hydrogen-bond donors (Lipinski definition) is 2. The number of nitrogens with one attached hydrogen (secondary N) is 2. The zero-order valence-corrected chi connectivity index (χ0v) is 16.5. The predicted molar refractivity (Wildman–Crippen MR) is 114 cm³/mol. The number of methoxy groups -OCH3 is 1. The summed E-state index contributed by atoms with van der Waals surface area (Å²) < 4.78 is 5.32. The molecule has 0 aromatic heterocycles. The molecule has 3 rings (SSSR count). The van der Waals surface area contributed by atoms with Gasteiger partial charge in [0.25, 0.3) is 5.91 Å². The second kappa shape index (κ2) is 9.55. The zero-order chi connectivity index (χ0) is 20.6. The number of rotatable bonds is 7. The maximum Gasteiger partial charge on any atom is 0.251 e. The Kier molecular flexibility index (Phi) is 6.63. The van der Waals surface area contributed by atoms with Crippen molar-refractivity contribution in [1.29, 1.82) is 0 Å². The molecule has 0 unspecified atom stereocenters. The molecular formula is C24H24N2O3. The van der Waals surface area contributed by atoms with Crippen molar-refractivity contribution in [2.75, 3.05) is 13.7 Å². The van der Waals surface area contributed by atoms with E-state index in [-0.39, 0.29) is 24.4 Å². The normalized spacial score (nSPS) is 11.4. The molecule has 0 bridgehead atoms. The first-order chi connectivity index (χ1) is 14.1. The van der Waals surface area contributed by atoms with Crippen molar-refractivity contribution < 1.29 is 14.3 Å². The minimum atomic E-state index is -0.287. The lowest BCUT2D eigenvalue weighted by atomic mass is 10.0. The molecule has 0 aliphatic rings. The number of hydrogen-bond acceptors (Lipinski definition) is 3. The first kappa shape index (κ1) is 20.1. The summed E-state index contributed by atoms with van der Waals surface area (Å²) in [6.45, 7) is 1.78. The average Bonchev–Trinajstić information content (AvgIpc) is 2.78. The van der Waals surface area contributed by atoms with Gasteiger partial charge in [0, 0.05) is 11.1 Å². The quantitative estimate of drug-likeness (QED) is 0.644. The van der Waals surface area contributed by atoms with E-state index in [1.807, 2.05) is 73.7 Å². The standard InChI is InChI=1S/C24H24N2O3/c1-17(21-10-6-7-11-22(21)29-2)26-23(27)16-25-24(28)20-14-12-19(13-15-20)18-8-4-3-5-9-18/h3-15,17H,16H2,1-2H3,(H,25,28)(H,26,27)/t17-/m0/s1. The number of benzene rings is 3. The molecule has 0 aliphatic heterocycles. The number of amides is 2. The molecule has 0 fully saturated rings. The van der Waals surface area contributed by atoms with Gasteiger partial charge in [-0.2, -0.15) is 0 Å². The van der Waals surface area contributed by atoms with Crippen LogP contribution < -0.4 is 15.4 Å². The minimum Gasteiger partial charge on any atom is -0.496 e. The molecule has 1 atom stereocenters. The van der Waals surface area contributed by atoms with Gasteiger partial charge in [-0.1, -0.05) is 60.7 Å². The van der Waals surface area contributed by atoms with Gasteiger partial charge in [-0.3, -0.25) is 9.59 Å². The van der Waals surface area contributed by atoms with Gasteiger partial charge in [0.15, 0.2) is 0 Å². The Morgan fingerprint density at radius 3 is 2.17 bits per heavy atom. The third-order valence-corrected chi connectivity index (χ3v) is 4.65. The summed E-state index contributed by atoms with van der Waals surface area (Å²) in [6, 6.07) is 24.5. The summed E-state index contributed by atoms with van der Waals surface area (Å²) in [5.74, 6) is 0.158. The van der Waals surface area contributed by atoms with Gasteiger partial charge in [-0.15, -0.1) is 0 Å². The van der Waals surface area contributed by atoms with Crippen LogP contribution in [0.3, 0.4) is 0 Å². The molecule has 0 saturated carbocycles. The van der Waals surface area contributed by atoms with Gasteiger partial charge in [0.1, 0.15) is 5.75 Å². The van der Waals surface area contributed by atoms with E-state index < -0.39 is 0 Å². The van der Waals surface area contributed by atoms with E-state index in [1.165, 1.54) is 0 Å². The van der Waals surface area contributed by atoms with Crippen LogP contribution in [0.2, 0.25) is 0 Å². The summed E-state index contributed by atoms with van der Waals surface area (Å²) in [5.41, 5.74) is 3.51. The predicted octanol–water partition coefficient (Wildman–Crippen LogP) is 3.97. The Labute approximate surface area is 170 Å². The number of ether oxygens (including phenoxy) is 1. The second-order valence-electron chi connectivity index (χ2n) is 6.66. The molecule has 0 saturated heterocycles. The highest BCUT2D eigenvalue weighted by Gasteiger charge is 2.14. The topological polar surface area (TPSA) is 67.4 Å². The largest absolute Gasteiger partial charge is 0.496 e. The van der Waals surface area contributed by atoms with E-state index in [9.17, 15) is 9.59 Å². The fraction of sp³-hybridized carbons (Fsp3) is 0.167. The number of para-hydroxylation sites is 1. The van der Waals surface area contributed by atoms with E-state index in [0.29, 0.717) is 11.3 Å². The van der Waals surface area contributed by atoms with Crippen LogP contribution in [0.4, 0.5) is 0 Å². The first-order valence-corrected chi connectivity index (χ1v) is 9.44. The smallest absolute Gasteiger partial charge is 0.251 e. The van der Waals surface area contributed by atoms with Crippen LogP contribution in [0.25, 0.3) is 11.1 Å². The van der Waals surface area contributed by atoms with Crippen molar-refractivity contribution in [3.8, 4) is 16.9 Å². The van der Waals surface area contributed by atoms with Crippen LogP contribution in [-0.2, 0) is 4.79 Å². The molecule has 3 aromatic rings. The van der Waals surface area contributed by atoms with E-state index in [4.69, 9.17) is 4.74 Å². The van der Waals surface area contributed by atoms with E-state index in [1.54, 1.807) is 19.2 Å². The number of carbonyl (C=O) groups excluding carboxylic acids is 2. The van der Waals surface area contributed by atoms with Crippen LogP contribution in [0.5, 0.6) is 5.75 Å². The molecule has 29 heavy (non-hydrogen) atoms. The highest BCUT2D eigenvalue weighted by atomic mass is 16.5. The summed E-state index contributed by atoms with van der Waals surface area (Å²) in [4.78, 5) is 24.6. The van der Waals surface area contributed by atoms with E-state index >= 15 is 0 Å². The summed E-state index contributed by atoms with van der Waals surface area (Å²) in [6.07, 6.45) is 0. The lowest BCUT2D eigenvalue weighted by molar-refractivity contribution is -0.120. The van der Waals surface area contributed by atoms with Crippen LogP contribution in [0, 0.1) is 0 Å². The molecule has 0 aliphatic carbocycles. The summed E-state index contributed by atoms with van der Waals surface area (Å²) in [5, 5.41) is 5.54. The van der Waals surface area contributed by atoms with Crippen molar-refractivity contribution in [3.05, 3.63) is 90.0 Å². The lowest BCUT2D eigenvalue weighted by Crippen LogP contribution is -2.38. The SMILES string of the molecule is COc1ccccc1[C@H](C)NC(=O)CNC(=O)c1ccc(-c2ccccc2)cc1. The Balaban J connectivity index is 1.54. The Morgan fingerprint density at radius 2 is 1.48 bits per heavy atom. The van der Waals surface area contributed by atoms with Crippen molar-refractivity contribution in [1.82, 2.24) is 10.6 Å². The Morgan fingerprint density at radius 1 is 0.862 bits per heavy atom.